The molecule has 4 rings (SSSR count). The van der Waals surface area contributed by atoms with Gasteiger partial charge in [-0.05, 0) is 54.4 Å². The smallest absolute Gasteiger partial charge is 0.276 e. The van der Waals surface area contributed by atoms with E-state index in [-0.39, 0.29) is 23.4 Å². The molecule has 6 nitrogen and oxygen atoms in total. The summed E-state index contributed by atoms with van der Waals surface area (Å²) in [6, 6.07) is 15.3. The number of carbonyl (C=O) groups excluding carboxylic acids is 1. The summed E-state index contributed by atoms with van der Waals surface area (Å²) in [5.41, 5.74) is 1.74. The second kappa shape index (κ2) is 8.28. The standard InChI is InChI=1S/C22H19F2N5O/c1-15(17-6-10-19(24)11-7-17)25-21(30)20-22(28-12-2-3-13-28)29(27-26-20)14-16-4-8-18(23)9-5-16/h2-13,15H,14H2,1H3,(H,25,30). The van der Waals surface area contributed by atoms with E-state index in [1.807, 2.05) is 19.1 Å². The van der Waals surface area contributed by atoms with Gasteiger partial charge in [0.25, 0.3) is 5.91 Å². The third-order valence-electron chi connectivity index (χ3n) is 4.74. The van der Waals surface area contributed by atoms with Crippen LogP contribution in [-0.4, -0.2) is 25.5 Å². The van der Waals surface area contributed by atoms with Gasteiger partial charge >= 0.3 is 0 Å². The van der Waals surface area contributed by atoms with Crippen molar-refractivity contribution in [3.63, 3.8) is 0 Å². The van der Waals surface area contributed by atoms with Gasteiger partial charge in [-0.2, -0.15) is 0 Å². The molecule has 8 heteroatoms. The highest BCUT2D eigenvalue weighted by atomic mass is 19.1. The van der Waals surface area contributed by atoms with E-state index in [2.05, 4.69) is 15.6 Å². The van der Waals surface area contributed by atoms with Gasteiger partial charge in [0.15, 0.2) is 11.5 Å². The number of carbonyl (C=O) groups is 1. The Morgan fingerprint density at radius 3 is 2.23 bits per heavy atom. The van der Waals surface area contributed by atoms with Crippen molar-refractivity contribution in [3.8, 4) is 5.82 Å². The van der Waals surface area contributed by atoms with Gasteiger partial charge in [0.05, 0.1) is 12.6 Å². The molecule has 152 valence electrons. The molecule has 2 aromatic heterocycles. The van der Waals surface area contributed by atoms with E-state index in [1.54, 1.807) is 45.9 Å². The predicted octanol–water partition coefficient (Wildman–Crippen LogP) is 3.89. The first kappa shape index (κ1) is 19.5. The van der Waals surface area contributed by atoms with Gasteiger partial charge in [-0.25, -0.2) is 13.5 Å². The lowest BCUT2D eigenvalue weighted by Crippen LogP contribution is -2.28. The number of halogens is 2. The maximum absolute atomic E-state index is 13.2. The molecule has 0 spiro atoms. The van der Waals surface area contributed by atoms with Crippen LogP contribution in [0.4, 0.5) is 8.78 Å². The molecule has 0 aliphatic carbocycles. The van der Waals surface area contributed by atoms with Crippen molar-refractivity contribution < 1.29 is 13.6 Å². The molecule has 0 aliphatic heterocycles. The summed E-state index contributed by atoms with van der Waals surface area (Å²) in [4.78, 5) is 13.0. The highest BCUT2D eigenvalue weighted by molar-refractivity contribution is 5.95. The topological polar surface area (TPSA) is 64.7 Å². The average Bonchev–Trinajstić information content (AvgIpc) is 3.40. The molecule has 0 fully saturated rings. The summed E-state index contributed by atoms with van der Waals surface area (Å²) in [6.07, 6.45) is 3.58. The van der Waals surface area contributed by atoms with Crippen molar-refractivity contribution >= 4 is 5.91 Å². The van der Waals surface area contributed by atoms with Crippen molar-refractivity contribution in [1.82, 2.24) is 24.9 Å². The third-order valence-corrected chi connectivity index (χ3v) is 4.74. The van der Waals surface area contributed by atoms with E-state index in [0.717, 1.165) is 11.1 Å². The third kappa shape index (κ3) is 4.12. The van der Waals surface area contributed by atoms with E-state index >= 15 is 0 Å². The normalized spacial score (nSPS) is 12.0. The molecule has 0 bridgehead atoms. The SMILES string of the molecule is CC(NC(=O)c1nnn(Cc2ccc(F)cc2)c1-n1cccc1)c1ccc(F)cc1. The second-order valence-corrected chi connectivity index (χ2v) is 6.88. The number of hydrogen-bond donors (Lipinski definition) is 1. The van der Waals surface area contributed by atoms with Crippen molar-refractivity contribution in [3.05, 3.63) is 102 Å². The van der Waals surface area contributed by atoms with E-state index in [4.69, 9.17) is 0 Å². The molecule has 1 N–H and O–H groups in total. The second-order valence-electron chi connectivity index (χ2n) is 6.88. The summed E-state index contributed by atoms with van der Waals surface area (Å²) in [5, 5.41) is 11.1. The van der Waals surface area contributed by atoms with E-state index < -0.39 is 5.91 Å². The number of benzene rings is 2. The zero-order valence-electron chi connectivity index (χ0n) is 16.2. The molecule has 0 saturated carbocycles. The summed E-state index contributed by atoms with van der Waals surface area (Å²) in [6.45, 7) is 2.13. The molecule has 1 atom stereocenters. The largest absolute Gasteiger partial charge is 0.344 e. The Kier molecular flexibility index (Phi) is 5.38. The van der Waals surface area contributed by atoms with Crippen LogP contribution in [0.1, 0.15) is 34.6 Å². The summed E-state index contributed by atoms with van der Waals surface area (Å²) in [5.74, 6) is -0.567. The van der Waals surface area contributed by atoms with Crippen LogP contribution >= 0.6 is 0 Å². The van der Waals surface area contributed by atoms with E-state index in [0.29, 0.717) is 12.4 Å². The quantitative estimate of drug-likeness (QED) is 0.528. The molecule has 0 aliphatic rings. The lowest BCUT2D eigenvalue weighted by atomic mass is 10.1. The summed E-state index contributed by atoms with van der Waals surface area (Å²) in [7, 11) is 0. The van der Waals surface area contributed by atoms with Gasteiger partial charge < -0.3 is 9.88 Å². The van der Waals surface area contributed by atoms with Crippen molar-refractivity contribution in [2.24, 2.45) is 0 Å². The first-order chi connectivity index (χ1) is 14.5. The molecular weight excluding hydrogens is 388 g/mol. The molecular formula is C22H19F2N5O. The first-order valence-corrected chi connectivity index (χ1v) is 9.39. The van der Waals surface area contributed by atoms with Crippen LogP contribution in [0, 0.1) is 11.6 Å². The average molecular weight is 407 g/mol. The number of aromatic nitrogens is 4. The van der Waals surface area contributed by atoms with Crippen LogP contribution in [0.15, 0.2) is 73.1 Å². The van der Waals surface area contributed by atoms with Gasteiger partial charge in [-0.15, -0.1) is 5.10 Å². The molecule has 0 radical (unpaired) electrons. The Bertz CT molecular complexity index is 1140. The maximum Gasteiger partial charge on any atom is 0.276 e. The number of amides is 1. The minimum Gasteiger partial charge on any atom is -0.344 e. The van der Waals surface area contributed by atoms with Gasteiger partial charge in [-0.3, -0.25) is 4.79 Å². The van der Waals surface area contributed by atoms with Crippen molar-refractivity contribution in [2.75, 3.05) is 0 Å². The maximum atomic E-state index is 13.2. The highest BCUT2D eigenvalue weighted by Crippen LogP contribution is 2.18. The first-order valence-electron chi connectivity index (χ1n) is 9.39. The van der Waals surface area contributed by atoms with E-state index in [1.165, 1.54) is 24.3 Å². The molecule has 2 heterocycles. The monoisotopic (exact) mass is 407 g/mol. The van der Waals surface area contributed by atoms with Crippen LogP contribution < -0.4 is 5.32 Å². The Morgan fingerprint density at radius 2 is 1.60 bits per heavy atom. The van der Waals surface area contributed by atoms with E-state index in [9.17, 15) is 13.6 Å². The van der Waals surface area contributed by atoms with Crippen molar-refractivity contribution in [2.45, 2.75) is 19.5 Å². The van der Waals surface area contributed by atoms with Crippen LogP contribution in [0.5, 0.6) is 0 Å². The zero-order valence-corrected chi connectivity index (χ0v) is 16.2. The molecule has 4 aromatic rings. The number of hydrogen-bond acceptors (Lipinski definition) is 3. The molecule has 1 unspecified atom stereocenters. The van der Waals surface area contributed by atoms with Gasteiger partial charge in [-0.1, -0.05) is 29.5 Å². The van der Waals surface area contributed by atoms with Crippen LogP contribution in [-0.2, 0) is 6.54 Å². The van der Waals surface area contributed by atoms with Crippen LogP contribution in [0.2, 0.25) is 0 Å². The highest BCUT2D eigenvalue weighted by Gasteiger charge is 2.23. The summed E-state index contributed by atoms with van der Waals surface area (Å²) < 4.78 is 29.7. The fraction of sp³-hybridized carbons (Fsp3) is 0.136. The zero-order chi connectivity index (χ0) is 21.1. The number of rotatable bonds is 6. The minimum absolute atomic E-state index is 0.155. The lowest BCUT2D eigenvalue weighted by molar-refractivity contribution is 0.0934. The minimum atomic E-state index is -0.402. The molecule has 2 aromatic carbocycles. The van der Waals surface area contributed by atoms with Gasteiger partial charge in [0.2, 0.25) is 0 Å². The Balaban J connectivity index is 1.62. The van der Waals surface area contributed by atoms with Crippen LogP contribution in [0.3, 0.4) is 0 Å². The fourth-order valence-corrected chi connectivity index (χ4v) is 3.16. The molecule has 1 amide bonds. The van der Waals surface area contributed by atoms with Gasteiger partial charge in [0.1, 0.15) is 11.6 Å². The number of nitrogens with one attached hydrogen (secondary N) is 1. The lowest BCUT2D eigenvalue weighted by Gasteiger charge is -2.14. The summed E-state index contributed by atoms with van der Waals surface area (Å²) >= 11 is 0. The van der Waals surface area contributed by atoms with Crippen molar-refractivity contribution in [1.29, 1.82) is 0 Å². The Morgan fingerprint density at radius 1 is 1.00 bits per heavy atom. The Labute approximate surface area is 171 Å². The Hall–Kier alpha value is -3.81. The molecule has 30 heavy (non-hydrogen) atoms. The fourth-order valence-electron chi connectivity index (χ4n) is 3.16. The molecule has 0 saturated heterocycles. The van der Waals surface area contributed by atoms with Gasteiger partial charge in [0, 0.05) is 12.4 Å². The predicted molar refractivity (Wildman–Crippen MR) is 107 cm³/mol. The number of nitrogens with zero attached hydrogens (tertiary/aromatic N) is 4. The van der Waals surface area contributed by atoms with Crippen LogP contribution in [0.25, 0.3) is 5.82 Å².